The average molecular weight is 676 g/mol. The maximum atomic E-state index is 13.9. The summed E-state index contributed by atoms with van der Waals surface area (Å²) in [4.78, 5) is 46.2. The van der Waals surface area contributed by atoms with Gasteiger partial charge in [0.2, 0.25) is 5.91 Å². The van der Waals surface area contributed by atoms with Gasteiger partial charge in [0.15, 0.2) is 0 Å². The number of carbonyl (C=O) groups excluding carboxylic acids is 3. The van der Waals surface area contributed by atoms with E-state index >= 15 is 0 Å². The minimum absolute atomic E-state index is 0.101. The number of benzene rings is 1. The molecule has 0 spiro atoms. The third kappa shape index (κ3) is 10.5. The average Bonchev–Trinajstić information content (AvgIpc) is 3.01. The van der Waals surface area contributed by atoms with Crippen LogP contribution in [0.5, 0.6) is 5.75 Å². The first-order valence-electron chi connectivity index (χ1n) is 14.9. The fourth-order valence-electron chi connectivity index (χ4n) is 4.50. The number of ether oxygens (including phenoxy) is 2. The summed E-state index contributed by atoms with van der Waals surface area (Å²) >= 11 is 0. The topological polar surface area (TPSA) is 123 Å². The van der Waals surface area contributed by atoms with Crippen LogP contribution in [-0.4, -0.2) is 64.0 Å². The first-order valence-corrected chi connectivity index (χ1v) is 14.9. The van der Waals surface area contributed by atoms with E-state index in [1.54, 1.807) is 26.8 Å². The summed E-state index contributed by atoms with van der Waals surface area (Å²) in [6.07, 6.45) is -1.27. The SMILES string of the molecule is CC(C)(C)OC(=O)Nc1ccc(CNC(=O)/C=C\COc2ccc(-c3ccc(C(=O)N4CCC(F)(F)CC4)cn3)cc2C(F)(F)F)cn1. The van der Waals surface area contributed by atoms with E-state index in [2.05, 4.69) is 20.6 Å². The van der Waals surface area contributed by atoms with Crippen LogP contribution >= 0.6 is 0 Å². The quantitative estimate of drug-likeness (QED) is 0.193. The Kier molecular flexibility index (Phi) is 11.0. The van der Waals surface area contributed by atoms with Gasteiger partial charge in [-0.15, -0.1) is 0 Å². The minimum Gasteiger partial charge on any atom is -0.489 e. The number of halogens is 5. The highest BCUT2D eigenvalue weighted by atomic mass is 19.4. The Hall–Kier alpha value is -5.08. The number of alkyl halides is 5. The summed E-state index contributed by atoms with van der Waals surface area (Å²) < 4.78 is 79.0. The monoisotopic (exact) mass is 675 g/mol. The molecule has 4 rings (SSSR count). The lowest BCUT2D eigenvalue weighted by atomic mass is 10.0. The van der Waals surface area contributed by atoms with Crippen LogP contribution in [0.25, 0.3) is 11.3 Å². The Morgan fingerprint density at radius 1 is 0.979 bits per heavy atom. The number of anilines is 1. The largest absolute Gasteiger partial charge is 0.489 e. The molecule has 2 N–H and O–H groups in total. The summed E-state index contributed by atoms with van der Waals surface area (Å²) in [7, 11) is 0. The summed E-state index contributed by atoms with van der Waals surface area (Å²) in [5.74, 6) is -4.01. The second-order valence-electron chi connectivity index (χ2n) is 11.9. The third-order valence-electron chi connectivity index (χ3n) is 6.90. The molecule has 256 valence electrons. The van der Waals surface area contributed by atoms with Crippen LogP contribution in [0.4, 0.5) is 32.6 Å². The van der Waals surface area contributed by atoms with Crippen LogP contribution in [0.1, 0.15) is 55.1 Å². The van der Waals surface area contributed by atoms with Gasteiger partial charge in [-0.3, -0.25) is 19.9 Å². The number of pyridine rings is 2. The Morgan fingerprint density at radius 3 is 2.31 bits per heavy atom. The van der Waals surface area contributed by atoms with Crippen LogP contribution in [0.2, 0.25) is 0 Å². The molecule has 0 atom stereocenters. The number of nitrogens with zero attached hydrogens (tertiary/aromatic N) is 3. The number of amides is 3. The van der Waals surface area contributed by atoms with Crippen LogP contribution < -0.4 is 15.4 Å². The molecule has 10 nitrogen and oxygen atoms in total. The molecule has 1 aliphatic rings. The lowest BCUT2D eigenvalue weighted by molar-refractivity contribution is -0.138. The smallest absolute Gasteiger partial charge is 0.419 e. The van der Waals surface area contributed by atoms with Crippen molar-refractivity contribution in [3.63, 3.8) is 0 Å². The van der Waals surface area contributed by atoms with Gasteiger partial charge in [0, 0.05) is 56.5 Å². The summed E-state index contributed by atoms with van der Waals surface area (Å²) in [5, 5.41) is 5.10. The second kappa shape index (κ2) is 14.8. The number of hydrogen-bond acceptors (Lipinski definition) is 7. The summed E-state index contributed by atoms with van der Waals surface area (Å²) in [6, 6.07) is 9.32. The molecule has 0 aliphatic carbocycles. The van der Waals surface area contributed by atoms with E-state index in [-0.39, 0.29) is 48.9 Å². The van der Waals surface area contributed by atoms with Crippen molar-refractivity contribution in [3.8, 4) is 17.0 Å². The molecule has 0 unspecified atom stereocenters. The lowest BCUT2D eigenvalue weighted by Crippen LogP contribution is -2.42. The maximum Gasteiger partial charge on any atom is 0.419 e. The number of rotatable bonds is 9. The predicted octanol–water partition coefficient (Wildman–Crippen LogP) is 6.63. The van der Waals surface area contributed by atoms with Gasteiger partial charge in [-0.1, -0.05) is 6.07 Å². The van der Waals surface area contributed by atoms with Crippen LogP contribution in [0.15, 0.2) is 67.0 Å². The maximum absolute atomic E-state index is 13.9. The van der Waals surface area contributed by atoms with Crippen molar-refractivity contribution >= 4 is 23.7 Å². The highest BCUT2D eigenvalue weighted by Crippen LogP contribution is 2.38. The zero-order chi connectivity index (χ0) is 35.1. The zero-order valence-electron chi connectivity index (χ0n) is 26.4. The van der Waals surface area contributed by atoms with E-state index in [4.69, 9.17) is 9.47 Å². The van der Waals surface area contributed by atoms with Crippen molar-refractivity contribution < 1.29 is 45.8 Å². The van der Waals surface area contributed by atoms with Gasteiger partial charge in [-0.2, -0.15) is 13.2 Å². The molecule has 1 fully saturated rings. The van der Waals surface area contributed by atoms with Gasteiger partial charge in [-0.05, 0) is 68.8 Å². The fraction of sp³-hybridized carbons (Fsp3) is 0.364. The van der Waals surface area contributed by atoms with Crippen molar-refractivity contribution in [1.82, 2.24) is 20.2 Å². The molecule has 48 heavy (non-hydrogen) atoms. The fourth-order valence-corrected chi connectivity index (χ4v) is 4.50. The van der Waals surface area contributed by atoms with Gasteiger partial charge in [0.05, 0.1) is 16.8 Å². The van der Waals surface area contributed by atoms with E-state index < -0.39 is 59.8 Å². The van der Waals surface area contributed by atoms with Gasteiger partial charge in [-0.25, -0.2) is 18.6 Å². The molecule has 1 saturated heterocycles. The Labute approximate surface area is 273 Å². The van der Waals surface area contributed by atoms with Gasteiger partial charge in [0.25, 0.3) is 11.8 Å². The molecule has 3 amide bonds. The van der Waals surface area contributed by atoms with Crippen molar-refractivity contribution in [2.75, 3.05) is 25.0 Å². The van der Waals surface area contributed by atoms with Crippen molar-refractivity contribution in [3.05, 3.63) is 83.7 Å². The number of piperidine rings is 1. The van der Waals surface area contributed by atoms with E-state index in [0.29, 0.717) is 5.56 Å². The third-order valence-corrected chi connectivity index (χ3v) is 6.90. The first kappa shape index (κ1) is 35.8. The van der Waals surface area contributed by atoms with Gasteiger partial charge >= 0.3 is 12.3 Å². The van der Waals surface area contributed by atoms with E-state index in [9.17, 15) is 36.3 Å². The number of aromatic nitrogens is 2. The Morgan fingerprint density at radius 2 is 1.71 bits per heavy atom. The van der Waals surface area contributed by atoms with Crippen molar-refractivity contribution in [1.29, 1.82) is 0 Å². The Balaban J connectivity index is 1.29. The number of nitrogens with one attached hydrogen (secondary N) is 2. The lowest BCUT2D eigenvalue weighted by Gasteiger charge is -2.31. The molecule has 3 heterocycles. The van der Waals surface area contributed by atoms with Crippen LogP contribution in [0, 0.1) is 0 Å². The molecule has 0 saturated carbocycles. The highest BCUT2D eigenvalue weighted by Gasteiger charge is 2.36. The zero-order valence-corrected chi connectivity index (χ0v) is 26.4. The molecule has 15 heteroatoms. The standard InChI is InChI=1S/C33H34F5N5O5/c1-31(2,3)48-30(46)42-27-11-6-21(18-40-27)19-41-28(44)5-4-16-47-26-10-8-22(17-24(26)33(36,37)38)25-9-7-23(20-39-25)29(45)43-14-12-32(34,35)13-15-43/h4-11,17-18,20H,12-16,19H2,1-3H3,(H,41,44)(H,40,42,46)/b5-4-. The number of hydrogen-bond donors (Lipinski definition) is 2. The predicted molar refractivity (Wildman–Crippen MR) is 165 cm³/mol. The van der Waals surface area contributed by atoms with Crippen LogP contribution in [0.3, 0.4) is 0 Å². The molecule has 0 bridgehead atoms. The normalized spacial score (nSPS) is 14.8. The molecule has 1 aromatic carbocycles. The van der Waals surface area contributed by atoms with Crippen molar-refractivity contribution in [2.24, 2.45) is 0 Å². The molecular formula is C33H34F5N5O5. The second-order valence-corrected chi connectivity index (χ2v) is 11.9. The van der Waals surface area contributed by atoms with Gasteiger partial charge < -0.3 is 19.7 Å². The number of carbonyl (C=O) groups is 3. The highest BCUT2D eigenvalue weighted by molar-refractivity contribution is 5.94. The van der Waals surface area contributed by atoms with Crippen molar-refractivity contribution in [2.45, 2.75) is 57.9 Å². The van der Waals surface area contributed by atoms with E-state index in [1.807, 2.05) is 0 Å². The molecule has 3 aromatic rings. The van der Waals surface area contributed by atoms with Crippen LogP contribution in [-0.2, 0) is 22.3 Å². The molecule has 0 radical (unpaired) electrons. The Bertz CT molecular complexity index is 1630. The first-order chi connectivity index (χ1) is 22.5. The molecule has 1 aliphatic heterocycles. The number of likely N-dealkylation sites (tertiary alicyclic amines) is 1. The van der Waals surface area contributed by atoms with E-state index in [1.165, 1.54) is 47.6 Å². The minimum atomic E-state index is -4.77. The summed E-state index contributed by atoms with van der Waals surface area (Å²) in [5.41, 5.74) is -0.691. The summed E-state index contributed by atoms with van der Waals surface area (Å²) in [6.45, 7) is 4.74. The van der Waals surface area contributed by atoms with E-state index in [0.717, 1.165) is 18.2 Å². The molecule has 2 aromatic heterocycles. The molecular weight excluding hydrogens is 641 g/mol. The van der Waals surface area contributed by atoms with Gasteiger partial charge in [0.1, 0.15) is 23.8 Å².